The number of hydrogen-bond donors (Lipinski definition) is 1. The molecule has 0 saturated carbocycles. The van der Waals surface area contributed by atoms with Gasteiger partial charge in [-0.15, -0.1) is 0 Å². The highest BCUT2D eigenvalue weighted by Crippen LogP contribution is 2.30. The molecule has 1 aliphatic rings. The second-order valence-electron chi connectivity index (χ2n) is 6.06. The van der Waals surface area contributed by atoms with E-state index in [1.165, 1.54) is 0 Å². The van der Waals surface area contributed by atoms with Crippen molar-refractivity contribution in [1.82, 2.24) is 19.8 Å². The van der Waals surface area contributed by atoms with Crippen LogP contribution in [0.4, 0.5) is 4.79 Å². The van der Waals surface area contributed by atoms with Crippen molar-refractivity contribution in [1.29, 1.82) is 0 Å². The van der Waals surface area contributed by atoms with Crippen molar-refractivity contribution in [3.63, 3.8) is 0 Å². The van der Waals surface area contributed by atoms with Crippen LogP contribution in [0.3, 0.4) is 0 Å². The van der Waals surface area contributed by atoms with Gasteiger partial charge in [0.1, 0.15) is 6.54 Å². The third kappa shape index (κ3) is 5.43. The minimum Gasteiger partial charge on any atom is -0.354 e. The van der Waals surface area contributed by atoms with E-state index >= 15 is 0 Å². The lowest BCUT2D eigenvalue weighted by Gasteiger charge is -2.12. The summed E-state index contributed by atoms with van der Waals surface area (Å²) in [5.74, 6) is -0.796. The number of nitrogens with zero attached hydrogens (tertiary/aromatic N) is 3. The van der Waals surface area contributed by atoms with Crippen molar-refractivity contribution in [2.24, 2.45) is 0 Å². The van der Waals surface area contributed by atoms with Crippen LogP contribution in [0.1, 0.15) is 12.0 Å². The molecule has 1 aromatic carbocycles. The molecule has 7 nitrogen and oxygen atoms in total. The maximum atomic E-state index is 12.4. The van der Waals surface area contributed by atoms with Crippen LogP contribution in [0.5, 0.6) is 0 Å². The number of amides is 3. The summed E-state index contributed by atoms with van der Waals surface area (Å²) in [6.45, 7) is 0.927. The first kappa shape index (κ1) is 19.6. The number of imidazole rings is 1. The standard InChI is InChI=1S/C20H20N4O3S/c25-18(22-10-5-12-23-13-11-21-15-23)14-24-19(26)17(28-20(24)27)9-4-8-16-6-2-1-3-7-16/h1-4,6-9,11,13,15H,5,10,12,14H2,(H,22,25). The Bertz CT molecular complexity index is 891. The van der Waals surface area contributed by atoms with Gasteiger partial charge in [0.25, 0.3) is 11.1 Å². The summed E-state index contributed by atoms with van der Waals surface area (Å²) in [7, 11) is 0. The molecule has 2 heterocycles. The molecule has 1 N–H and O–H groups in total. The molecule has 0 aliphatic carbocycles. The van der Waals surface area contributed by atoms with E-state index in [1.54, 1.807) is 24.7 Å². The summed E-state index contributed by atoms with van der Waals surface area (Å²) in [6.07, 6.45) is 11.2. The fourth-order valence-electron chi connectivity index (χ4n) is 2.57. The smallest absolute Gasteiger partial charge is 0.294 e. The molecular formula is C20H20N4O3S. The number of carbonyl (C=O) groups excluding carboxylic acids is 3. The van der Waals surface area contributed by atoms with Crippen molar-refractivity contribution in [3.05, 3.63) is 71.7 Å². The van der Waals surface area contributed by atoms with Gasteiger partial charge in [0.15, 0.2) is 0 Å². The quantitative estimate of drug-likeness (QED) is 0.548. The Hall–Kier alpha value is -3.13. The number of allylic oxidation sites excluding steroid dienone is 2. The number of hydrogen-bond acceptors (Lipinski definition) is 5. The molecule has 28 heavy (non-hydrogen) atoms. The van der Waals surface area contributed by atoms with Gasteiger partial charge in [-0.2, -0.15) is 0 Å². The fraction of sp³-hybridized carbons (Fsp3) is 0.200. The number of aromatic nitrogens is 2. The predicted octanol–water partition coefficient (Wildman–Crippen LogP) is 2.68. The molecule has 3 amide bonds. The zero-order chi connectivity index (χ0) is 19.8. The van der Waals surface area contributed by atoms with Crippen molar-refractivity contribution >= 4 is 34.9 Å². The van der Waals surface area contributed by atoms with E-state index in [-0.39, 0.29) is 12.5 Å². The summed E-state index contributed by atoms with van der Waals surface area (Å²) in [4.78, 5) is 41.7. The highest BCUT2D eigenvalue weighted by atomic mass is 32.2. The molecule has 1 aliphatic heterocycles. The molecule has 0 unspecified atom stereocenters. The number of imide groups is 1. The molecule has 0 atom stereocenters. The van der Waals surface area contributed by atoms with Crippen LogP contribution >= 0.6 is 11.8 Å². The number of nitrogens with one attached hydrogen (secondary N) is 1. The largest absolute Gasteiger partial charge is 0.354 e. The van der Waals surface area contributed by atoms with Gasteiger partial charge in [-0.3, -0.25) is 19.3 Å². The van der Waals surface area contributed by atoms with Gasteiger partial charge in [0, 0.05) is 25.5 Å². The van der Waals surface area contributed by atoms with Gasteiger partial charge in [-0.25, -0.2) is 4.98 Å². The minimum absolute atomic E-state index is 0.268. The summed E-state index contributed by atoms with van der Waals surface area (Å²) in [5, 5.41) is 2.30. The van der Waals surface area contributed by atoms with E-state index in [1.807, 2.05) is 47.2 Å². The molecule has 0 radical (unpaired) electrons. The van der Waals surface area contributed by atoms with Crippen LogP contribution in [0, 0.1) is 0 Å². The number of thioether (sulfide) groups is 1. The SMILES string of the molecule is O=C(CN1C(=O)SC(=CC=Cc2ccccc2)C1=O)NCCCn1ccnc1. The molecule has 1 fully saturated rings. The summed E-state index contributed by atoms with van der Waals surface area (Å²) in [5.41, 5.74) is 0.994. The topological polar surface area (TPSA) is 84.3 Å². The molecule has 0 bridgehead atoms. The monoisotopic (exact) mass is 396 g/mol. The molecule has 1 saturated heterocycles. The second-order valence-corrected chi connectivity index (χ2v) is 7.06. The first-order valence-corrected chi connectivity index (χ1v) is 9.64. The van der Waals surface area contributed by atoms with E-state index in [2.05, 4.69) is 10.3 Å². The highest BCUT2D eigenvalue weighted by Gasteiger charge is 2.35. The van der Waals surface area contributed by atoms with Gasteiger partial charge in [-0.05, 0) is 29.8 Å². The van der Waals surface area contributed by atoms with Gasteiger partial charge >= 0.3 is 0 Å². The first-order chi connectivity index (χ1) is 13.6. The zero-order valence-corrected chi connectivity index (χ0v) is 16.0. The summed E-state index contributed by atoms with van der Waals surface area (Å²) < 4.78 is 1.91. The average molecular weight is 396 g/mol. The van der Waals surface area contributed by atoms with E-state index in [0.29, 0.717) is 11.4 Å². The van der Waals surface area contributed by atoms with E-state index in [4.69, 9.17) is 0 Å². The number of benzene rings is 1. The lowest BCUT2D eigenvalue weighted by Crippen LogP contribution is -2.39. The molecule has 0 spiro atoms. The van der Waals surface area contributed by atoms with Crippen molar-refractivity contribution in [2.75, 3.05) is 13.1 Å². The Morgan fingerprint density at radius 2 is 2.04 bits per heavy atom. The third-order valence-corrected chi connectivity index (χ3v) is 4.91. The first-order valence-electron chi connectivity index (χ1n) is 8.83. The maximum Gasteiger partial charge on any atom is 0.294 e. The molecule has 144 valence electrons. The molecule has 3 rings (SSSR count). The highest BCUT2D eigenvalue weighted by molar-refractivity contribution is 8.18. The van der Waals surface area contributed by atoms with E-state index in [0.717, 1.165) is 35.2 Å². The zero-order valence-electron chi connectivity index (χ0n) is 15.2. The number of carbonyl (C=O) groups is 3. The van der Waals surface area contributed by atoms with E-state index in [9.17, 15) is 14.4 Å². The predicted molar refractivity (Wildman–Crippen MR) is 108 cm³/mol. The van der Waals surface area contributed by atoms with Crippen LogP contribution in [0.15, 0.2) is 66.1 Å². The fourth-order valence-corrected chi connectivity index (χ4v) is 3.36. The Morgan fingerprint density at radius 1 is 1.21 bits per heavy atom. The second kappa shape index (κ2) is 9.70. The maximum absolute atomic E-state index is 12.4. The average Bonchev–Trinajstić information content (AvgIpc) is 3.30. The lowest BCUT2D eigenvalue weighted by molar-refractivity contribution is -0.129. The van der Waals surface area contributed by atoms with Crippen LogP contribution in [0.2, 0.25) is 0 Å². The molecular weight excluding hydrogens is 376 g/mol. The van der Waals surface area contributed by atoms with E-state index < -0.39 is 11.1 Å². The summed E-state index contributed by atoms with van der Waals surface area (Å²) >= 11 is 0.843. The van der Waals surface area contributed by atoms with Gasteiger partial charge in [0.2, 0.25) is 5.91 Å². The minimum atomic E-state index is -0.443. The number of aryl methyl sites for hydroxylation is 1. The Labute approximate surface area is 167 Å². The molecule has 2 aromatic rings. The van der Waals surface area contributed by atoms with Crippen LogP contribution in [0.25, 0.3) is 6.08 Å². The van der Waals surface area contributed by atoms with Gasteiger partial charge in [0.05, 0.1) is 11.2 Å². The number of rotatable bonds is 8. The van der Waals surface area contributed by atoms with Crippen molar-refractivity contribution < 1.29 is 14.4 Å². The van der Waals surface area contributed by atoms with Crippen molar-refractivity contribution in [3.8, 4) is 0 Å². The van der Waals surface area contributed by atoms with Crippen LogP contribution < -0.4 is 5.32 Å². The lowest BCUT2D eigenvalue weighted by atomic mass is 10.2. The van der Waals surface area contributed by atoms with Gasteiger partial charge in [-0.1, -0.05) is 42.5 Å². The third-order valence-electron chi connectivity index (χ3n) is 3.99. The van der Waals surface area contributed by atoms with Crippen LogP contribution in [-0.4, -0.2) is 44.6 Å². The van der Waals surface area contributed by atoms with Gasteiger partial charge < -0.3 is 9.88 Å². The molecule has 8 heteroatoms. The normalized spacial score (nSPS) is 15.7. The Kier molecular flexibility index (Phi) is 6.80. The summed E-state index contributed by atoms with van der Waals surface area (Å²) in [6, 6.07) is 9.63. The molecule has 1 aromatic heterocycles. The van der Waals surface area contributed by atoms with Crippen LogP contribution in [-0.2, 0) is 16.1 Å². The Morgan fingerprint density at radius 3 is 2.79 bits per heavy atom. The van der Waals surface area contributed by atoms with Crippen molar-refractivity contribution in [2.45, 2.75) is 13.0 Å². The Balaban J connectivity index is 1.47.